The Morgan fingerprint density at radius 1 is 1.18 bits per heavy atom. The number of imide groups is 1. The third-order valence-electron chi connectivity index (χ3n) is 3.86. The van der Waals surface area contributed by atoms with Crippen LogP contribution in [0.15, 0.2) is 23.0 Å². The summed E-state index contributed by atoms with van der Waals surface area (Å²) in [4.78, 5) is 46.4. The van der Waals surface area contributed by atoms with Crippen LogP contribution in [-0.2, 0) is 0 Å². The molecular weight excluding hydrogens is 389 g/mol. The van der Waals surface area contributed by atoms with Crippen molar-refractivity contribution >= 4 is 23.3 Å². The van der Waals surface area contributed by atoms with E-state index < -0.39 is 51.6 Å². The highest BCUT2D eigenvalue weighted by molar-refractivity contribution is 6.23. The van der Waals surface area contributed by atoms with Crippen LogP contribution >= 0.6 is 0 Å². The number of pyridine rings is 1. The molecule has 0 aliphatic carbocycles. The van der Waals surface area contributed by atoms with Crippen LogP contribution in [-0.4, -0.2) is 27.7 Å². The summed E-state index contributed by atoms with van der Waals surface area (Å²) in [6, 6.07) is 2.05. The first kappa shape index (κ1) is 18.9. The van der Waals surface area contributed by atoms with Gasteiger partial charge in [-0.3, -0.25) is 34.4 Å². The second-order valence-electron chi connectivity index (χ2n) is 5.69. The molecule has 0 saturated carbocycles. The lowest BCUT2D eigenvalue weighted by Gasteiger charge is -2.16. The maximum Gasteiger partial charge on any atom is 0.573 e. The fourth-order valence-electron chi connectivity index (χ4n) is 2.86. The van der Waals surface area contributed by atoms with Gasteiger partial charge in [-0.05, 0) is 18.6 Å². The number of ether oxygens (including phenoxy) is 1. The highest BCUT2D eigenvalue weighted by Gasteiger charge is 2.35. The van der Waals surface area contributed by atoms with E-state index >= 15 is 0 Å². The molecule has 0 unspecified atom stereocenters. The lowest BCUT2D eigenvalue weighted by molar-refractivity contribution is -0.384. The third kappa shape index (κ3) is 3.02. The van der Waals surface area contributed by atoms with Crippen molar-refractivity contribution in [3.8, 4) is 11.4 Å². The number of benzene rings is 1. The van der Waals surface area contributed by atoms with Gasteiger partial charge in [0.1, 0.15) is 17.3 Å². The number of carbonyl (C=O) groups is 2. The lowest BCUT2D eigenvalue weighted by atomic mass is 10.1. The lowest BCUT2D eigenvalue weighted by Crippen LogP contribution is -2.25. The fraction of sp³-hybridized carbons (Fsp3) is 0.133. The number of hydrogen-bond acceptors (Lipinski definition) is 7. The summed E-state index contributed by atoms with van der Waals surface area (Å²) in [5.41, 5.74) is 2.61. The largest absolute Gasteiger partial charge is 0.573 e. The highest BCUT2D eigenvalue weighted by Crippen LogP contribution is 2.35. The number of nitrogens with one attached hydrogen (secondary N) is 1. The zero-order valence-electron chi connectivity index (χ0n) is 13.8. The van der Waals surface area contributed by atoms with Crippen LogP contribution in [0.1, 0.15) is 26.3 Å². The number of nitro benzene ring substituents is 1. The highest BCUT2D eigenvalue weighted by atomic mass is 19.4. The smallest absolute Gasteiger partial charge is 0.406 e. The molecule has 3 N–H and O–H groups in total. The molecule has 13 heteroatoms. The third-order valence-corrected chi connectivity index (χ3v) is 3.86. The fourth-order valence-corrected chi connectivity index (χ4v) is 2.86. The topological polar surface area (TPSA) is 147 Å². The maximum absolute atomic E-state index is 12.5. The van der Waals surface area contributed by atoms with Gasteiger partial charge in [0.25, 0.3) is 23.1 Å². The summed E-state index contributed by atoms with van der Waals surface area (Å²) in [6.07, 6.45) is -5.09. The zero-order valence-corrected chi connectivity index (χ0v) is 13.8. The Bertz CT molecular complexity index is 1120. The molecule has 1 aromatic carbocycles. The standard InChI is InChI=1S/C15H9F3N4O6/c1-5-2-6(28-15(16,17)18)3-8(22(26)27)11(5)21-9(23)4-7-10(12(21)19)14(25)20-13(7)24/h2-4H,19H2,1H3,(H,20,24,25). The Labute approximate surface area is 152 Å². The van der Waals surface area contributed by atoms with E-state index in [1.807, 2.05) is 5.32 Å². The van der Waals surface area contributed by atoms with Gasteiger partial charge >= 0.3 is 6.36 Å². The number of amides is 2. The summed E-state index contributed by atoms with van der Waals surface area (Å²) in [6.45, 7) is 1.19. The molecule has 2 amide bonds. The number of halogens is 3. The summed E-state index contributed by atoms with van der Waals surface area (Å²) in [7, 11) is 0. The van der Waals surface area contributed by atoms with Gasteiger partial charge in [-0.1, -0.05) is 0 Å². The Morgan fingerprint density at radius 2 is 1.82 bits per heavy atom. The van der Waals surface area contributed by atoms with E-state index in [1.165, 1.54) is 6.92 Å². The molecule has 146 valence electrons. The van der Waals surface area contributed by atoms with Crippen molar-refractivity contribution in [2.24, 2.45) is 0 Å². The Hall–Kier alpha value is -3.90. The van der Waals surface area contributed by atoms with Crippen molar-refractivity contribution in [3.63, 3.8) is 0 Å². The molecule has 2 heterocycles. The van der Waals surface area contributed by atoms with Crippen LogP contribution in [0.4, 0.5) is 24.7 Å². The molecule has 3 rings (SSSR count). The molecule has 10 nitrogen and oxygen atoms in total. The van der Waals surface area contributed by atoms with Crippen LogP contribution in [0.5, 0.6) is 5.75 Å². The van der Waals surface area contributed by atoms with E-state index in [1.54, 1.807) is 0 Å². The minimum Gasteiger partial charge on any atom is -0.406 e. The number of hydrogen-bond donors (Lipinski definition) is 2. The minimum absolute atomic E-state index is 0.160. The van der Waals surface area contributed by atoms with E-state index in [-0.39, 0.29) is 16.7 Å². The van der Waals surface area contributed by atoms with Crippen molar-refractivity contribution < 1.29 is 32.4 Å². The van der Waals surface area contributed by atoms with Gasteiger partial charge in [-0.2, -0.15) is 0 Å². The quantitative estimate of drug-likeness (QED) is 0.451. The molecular formula is C15H9F3N4O6. The monoisotopic (exact) mass is 398 g/mol. The van der Waals surface area contributed by atoms with Crippen molar-refractivity contribution in [1.29, 1.82) is 0 Å². The Balaban J connectivity index is 2.32. The van der Waals surface area contributed by atoms with E-state index in [9.17, 15) is 37.7 Å². The molecule has 0 atom stereocenters. The average molecular weight is 398 g/mol. The second-order valence-corrected chi connectivity index (χ2v) is 5.69. The molecule has 0 fully saturated rings. The van der Waals surface area contributed by atoms with E-state index in [0.29, 0.717) is 10.6 Å². The van der Waals surface area contributed by atoms with Crippen LogP contribution in [0.25, 0.3) is 5.69 Å². The first-order chi connectivity index (χ1) is 12.9. The van der Waals surface area contributed by atoms with E-state index in [4.69, 9.17) is 5.73 Å². The first-order valence-electron chi connectivity index (χ1n) is 7.37. The van der Waals surface area contributed by atoms with Crippen molar-refractivity contribution in [3.05, 3.63) is 55.4 Å². The van der Waals surface area contributed by atoms with Gasteiger partial charge in [-0.25, -0.2) is 0 Å². The Kier molecular flexibility index (Phi) is 4.09. The zero-order chi connectivity index (χ0) is 21.0. The molecule has 0 bridgehead atoms. The summed E-state index contributed by atoms with van der Waals surface area (Å²) in [5, 5.41) is 13.3. The predicted molar refractivity (Wildman–Crippen MR) is 86.3 cm³/mol. The van der Waals surface area contributed by atoms with E-state index in [2.05, 4.69) is 4.74 Å². The molecule has 0 radical (unpaired) electrons. The van der Waals surface area contributed by atoms with Gasteiger partial charge < -0.3 is 10.5 Å². The first-order valence-corrected chi connectivity index (χ1v) is 7.37. The molecule has 1 aliphatic rings. The number of nitrogens with zero attached hydrogens (tertiary/aromatic N) is 2. The van der Waals surface area contributed by atoms with Crippen molar-refractivity contribution in [2.75, 3.05) is 5.73 Å². The number of nitrogens with two attached hydrogens (primary N) is 1. The normalized spacial score (nSPS) is 13.3. The molecule has 0 spiro atoms. The number of aromatic nitrogens is 1. The van der Waals surface area contributed by atoms with Gasteiger partial charge in [0.05, 0.1) is 22.1 Å². The molecule has 28 heavy (non-hydrogen) atoms. The minimum atomic E-state index is -5.09. The number of rotatable bonds is 3. The number of alkyl halides is 3. The van der Waals surface area contributed by atoms with Crippen LogP contribution in [0.2, 0.25) is 0 Å². The van der Waals surface area contributed by atoms with Gasteiger partial charge in [0, 0.05) is 6.07 Å². The van der Waals surface area contributed by atoms with Gasteiger partial charge in [-0.15, -0.1) is 13.2 Å². The van der Waals surface area contributed by atoms with Crippen molar-refractivity contribution in [1.82, 2.24) is 9.88 Å². The summed E-state index contributed by atoms with van der Waals surface area (Å²) >= 11 is 0. The number of nitrogen functional groups attached to an aromatic ring is 1. The number of aryl methyl sites for hydroxylation is 1. The number of nitro groups is 1. The average Bonchev–Trinajstić information content (AvgIpc) is 2.81. The van der Waals surface area contributed by atoms with E-state index in [0.717, 1.165) is 12.1 Å². The van der Waals surface area contributed by atoms with Crippen LogP contribution < -0.4 is 21.3 Å². The number of anilines is 1. The van der Waals surface area contributed by atoms with Crippen molar-refractivity contribution in [2.45, 2.75) is 13.3 Å². The van der Waals surface area contributed by atoms with Gasteiger partial charge in [0.15, 0.2) is 0 Å². The maximum atomic E-state index is 12.5. The summed E-state index contributed by atoms with van der Waals surface area (Å²) in [5.74, 6) is -3.22. The Morgan fingerprint density at radius 3 is 2.39 bits per heavy atom. The summed E-state index contributed by atoms with van der Waals surface area (Å²) < 4.78 is 41.6. The van der Waals surface area contributed by atoms with Crippen LogP contribution in [0.3, 0.4) is 0 Å². The molecule has 1 aliphatic heterocycles. The second kappa shape index (κ2) is 6.07. The predicted octanol–water partition coefficient (Wildman–Crippen LogP) is 1.42. The molecule has 0 saturated heterocycles. The number of fused-ring (bicyclic) bond motifs is 1. The van der Waals surface area contributed by atoms with Gasteiger partial charge in [0.2, 0.25) is 0 Å². The molecule has 1 aromatic heterocycles. The SMILES string of the molecule is Cc1cc(OC(F)(F)F)cc([N+](=O)[O-])c1-n1c(N)c2c(cc1=O)C(=O)NC2=O. The molecule has 2 aromatic rings. The van der Waals surface area contributed by atoms with Crippen LogP contribution in [0, 0.1) is 17.0 Å². The number of carbonyl (C=O) groups excluding carboxylic acids is 2.